The molecule has 0 radical (unpaired) electrons. The lowest BCUT2D eigenvalue weighted by Crippen LogP contribution is -2.48. The molecule has 10 heteroatoms. The summed E-state index contributed by atoms with van der Waals surface area (Å²) in [7, 11) is 2.76. The summed E-state index contributed by atoms with van der Waals surface area (Å²) < 4.78 is 11.9. The molecule has 0 spiro atoms. The molecule has 0 aliphatic carbocycles. The third kappa shape index (κ3) is 4.88. The van der Waals surface area contributed by atoms with Gasteiger partial charge < -0.3 is 24.3 Å². The molecular weight excluding hydrogens is 450 g/mol. The van der Waals surface area contributed by atoms with Crippen molar-refractivity contribution in [2.45, 2.75) is 38.8 Å². The number of piperidine rings is 1. The second-order valence-corrected chi connectivity index (χ2v) is 8.33. The third-order valence-corrected chi connectivity index (χ3v) is 6.10. The number of imidazole rings is 1. The molecule has 4 rings (SSSR count). The van der Waals surface area contributed by atoms with Crippen LogP contribution in [0.5, 0.6) is 0 Å². The fourth-order valence-corrected chi connectivity index (χ4v) is 4.57. The smallest absolute Gasteiger partial charge is 0.328 e. The van der Waals surface area contributed by atoms with Gasteiger partial charge in [0.05, 0.1) is 23.7 Å². The van der Waals surface area contributed by atoms with Crippen molar-refractivity contribution in [3.8, 4) is 11.4 Å². The molecule has 1 aromatic carbocycles. The number of amides is 2. The summed E-state index contributed by atoms with van der Waals surface area (Å²) in [6, 6.07) is 6.45. The van der Waals surface area contributed by atoms with Crippen LogP contribution in [0, 0.1) is 0 Å². The summed E-state index contributed by atoms with van der Waals surface area (Å²) in [6.45, 7) is 2.84. The molecule has 1 aliphatic rings. The van der Waals surface area contributed by atoms with E-state index in [4.69, 9.17) is 14.5 Å². The van der Waals surface area contributed by atoms with E-state index in [0.717, 1.165) is 18.4 Å². The Labute approximate surface area is 203 Å². The molecule has 1 atom stereocenters. The van der Waals surface area contributed by atoms with Gasteiger partial charge in [0.25, 0.3) is 5.91 Å². The van der Waals surface area contributed by atoms with Crippen LogP contribution in [-0.4, -0.2) is 70.6 Å². The minimum Gasteiger partial charge on any atom is -0.467 e. The lowest BCUT2D eigenvalue weighted by atomic mass is 10.00. The SMILES string of the molecule is CCn1c(-c2cccnc2)nc2cc(NC(=O)COC)cc(C(=O)N3CCCC[C@H]3C(=O)OC)c21. The van der Waals surface area contributed by atoms with E-state index in [1.165, 1.54) is 14.2 Å². The van der Waals surface area contributed by atoms with Gasteiger partial charge in [-0.1, -0.05) is 0 Å². The number of benzene rings is 1. The van der Waals surface area contributed by atoms with Crippen molar-refractivity contribution in [3.63, 3.8) is 0 Å². The maximum absolute atomic E-state index is 13.9. The molecule has 35 heavy (non-hydrogen) atoms. The van der Waals surface area contributed by atoms with Gasteiger partial charge >= 0.3 is 5.97 Å². The number of carbonyl (C=O) groups excluding carboxylic acids is 3. The molecule has 3 aromatic rings. The number of aryl methyl sites for hydroxylation is 1. The first kappa shape index (κ1) is 24.3. The molecule has 1 saturated heterocycles. The number of rotatable bonds is 7. The fourth-order valence-electron chi connectivity index (χ4n) is 4.57. The number of likely N-dealkylation sites (tertiary alicyclic amines) is 1. The third-order valence-electron chi connectivity index (χ3n) is 6.10. The van der Waals surface area contributed by atoms with E-state index in [1.807, 2.05) is 23.6 Å². The van der Waals surface area contributed by atoms with Crippen LogP contribution < -0.4 is 5.32 Å². The van der Waals surface area contributed by atoms with E-state index in [0.29, 0.717) is 47.6 Å². The summed E-state index contributed by atoms with van der Waals surface area (Å²) in [5.41, 5.74) is 2.77. The van der Waals surface area contributed by atoms with Crippen molar-refractivity contribution in [3.05, 3.63) is 42.2 Å². The number of methoxy groups -OCH3 is 2. The average Bonchev–Trinajstić information content (AvgIpc) is 3.26. The highest BCUT2D eigenvalue weighted by molar-refractivity contribution is 6.09. The molecule has 1 aliphatic heterocycles. The number of ether oxygens (including phenoxy) is 2. The first-order chi connectivity index (χ1) is 17.0. The second kappa shape index (κ2) is 10.6. The van der Waals surface area contributed by atoms with E-state index in [-0.39, 0.29) is 18.4 Å². The Morgan fingerprint density at radius 1 is 1.20 bits per heavy atom. The fraction of sp³-hybridized carbons (Fsp3) is 0.400. The van der Waals surface area contributed by atoms with Gasteiger partial charge in [0.2, 0.25) is 5.91 Å². The molecule has 184 valence electrons. The van der Waals surface area contributed by atoms with Crippen molar-refractivity contribution < 1.29 is 23.9 Å². The molecule has 3 heterocycles. The highest BCUT2D eigenvalue weighted by atomic mass is 16.5. The largest absolute Gasteiger partial charge is 0.467 e. The highest BCUT2D eigenvalue weighted by Crippen LogP contribution is 2.32. The first-order valence-electron chi connectivity index (χ1n) is 11.6. The predicted molar refractivity (Wildman–Crippen MR) is 130 cm³/mol. The summed E-state index contributed by atoms with van der Waals surface area (Å²) in [4.78, 5) is 49.2. The molecular formula is C25H29N5O5. The number of nitrogens with zero attached hydrogens (tertiary/aromatic N) is 4. The van der Waals surface area contributed by atoms with Crippen LogP contribution >= 0.6 is 0 Å². The lowest BCUT2D eigenvalue weighted by molar-refractivity contribution is -0.147. The molecule has 1 N–H and O–H groups in total. The second-order valence-electron chi connectivity index (χ2n) is 8.33. The van der Waals surface area contributed by atoms with E-state index < -0.39 is 12.0 Å². The lowest BCUT2D eigenvalue weighted by Gasteiger charge is -2.34. The summed E-state index contributed by atoms with van der Waals surface area (Å²) in [6.07, 6.45) is 5.57. The summed E-state index contributed by atoms with van der Waals surface area (Å²) >= 11 is 0. The van der Waals surface area contributed by atoms with Crippen molar-refractivity contribution in [1.82, 2.24) is 19.4 Å². The highest BCUT2D eigenvalue weighted by Gasteiger charge is 2.35. The van der Waals surface area contributed by atoms with Gasteiger partial charge in [0, 0.05) is 43.8 Å². The zero-order valence-electron chi connectivity index (χ0n) is 20.1. The topological polar surface area (TPSA) is 116 Å². The van der Waals surface area contributed by atoms with Gasteiger partial charge in [0.1, 0.15) is 18.5 Å². The standard InChI is InChI=1S/C25H29N5O5/c1-4-29-22-18(24(32)30-11-6-5-9-20(30)25(33)35-3)12-17(27-21(31)15-34-2)13-19(22)28-23(29)16-8-7-10-26-14-16/h7-8,10,12-14,20H,4-6,9,11,15H2,1-3H3,(H,27,31)/t20-/m0/s1. The number of anilines is 1. The van der Waals surface area contributed by atoms with Crippen LogP contribution in [0.1, 0.15) is 36.5 Å². The number of carbonyl (C=O) groups is 3. The maximum Gasteiger partial charge on any atom is 0.328 e. The zero-order chi connectivity index (χ0) is 24.9. The Balaban J connectivity index is 1.89. The molecule has 0 unspecified atom stereocenters. The number of aromatic nitrogens is 3. The van der Waals surface area contributed by atoms with E-state index in [9.17, 15) is 14.4 Å². The number of pyridine rings is 1. The van der Waals surface area contributed by atoms with Gasteiger partial charge in [-0.25, -0.2) is 9.78 Å². The summed E-state index contributed by atoms with van der Waals surface area (Å²) in [5.74, 6) is -0.426. The Bertz CT molecular complexity index is 1240. The number of hydrogen-bond donors (Lipinski definition) is 1. The maximum atomic E-state index is 13.9. The summed E-state index contributed by atoms with van der Waals surface area (Å²) in [5, 5.41) is 2.78. The Kier molecular flexibility index (Phi) is 7.40. The zero-order valence-corrected chi connectivity index (χ0v) is 20.1. The van der Waals surface area contributed by atoms with Crippen LogP contribution in [-0.2, 0) is 25.6 Å². The van der Waals surface area contributed by atoms with Crippen LogP contribution in [0.4, 0.5) is 5.69 Å². The van der Waals surface area contributed by atoms with Crippen molar-refractivity contribution in [1.29, 1.82) is 0 Å². The monoisotopic (exact) mass is 479 g/mol. The van der Waals surface area contributed by atoms with Crippen LogP contribution in [0.2, 0.25) is 0 Å². The van der Waals surface area contributed by atoms with Gasteiger partial charge in [0.15, 0.2) is 0 Å². The Morgan fingerprint density at radius 3 is 2.71 bits per heavy atom. The Morgan fingerprint density at radius 2 is 2.03 bits per heavy atom. The molecule has 2 amide bonds. The van der Waals surface area contributed by atoms with Gasteiger partial charge in [-0.15, -0.1) is 0 Å². The van der Waals surface area contributed by atoms with Crippen molar-refractivity contribution >= 4 is 34.5 Å². The average molecular weight is 480 g/mol. The number of fused-ring (bicyclic) bond motifs is 1. The molecule has 0 bridgehead atoms. The normalized spacial score (nSPS) is 15.7. The van der Waals surface area contributed by atoms with E-state index >= 15 is 0 Å². The van der Waals surface area contributed by atoms with Crippen LogP contribution in [0.15, 0.2) is 36.7 Å². The quantitative estimate of drug-likeness (QED) is 0.518. The van der Waals surface area contributed by atoms with Gasteiger partial charge in [-0.05, 0) is 50.5 Å². The van der Waals surface area contributed by atoms with Crippen LogP contribution in [0.25, 0.3) is 22.4 Å². The molecule has 0 saturated carbocycles. The van der Waals surface area contributed by atoms with Gasteiger partial charge in [-0.2, -0.15) is 0 Å². The number of hydrogen-bond acceptors (Lipinski definition) is 7. The number of nitrogens with one attached hydrogen (secondary N) is 1. The molecule has 10 nitrogen and oxygen atoms in total. The minimum absolute atomic E-state index is 0.123. The van der Waals surface area contributed by atoms with Gasteiger partial charge in [-0.3, -0.25) is 14.6 Å². The van der Waals surface area contributed by atoms with Crippen LogP contribution in [0.3, 0.4) is 0 Å². The van der Waals surface area contributed by atoms with Crippen molar-refractivity contribution in [2.24, 2.45) is 0 Å². The Hall–Kier alpha value is -3.79. The number of esters is 1. The molecule has 2 aromatic heterocycles. The predicted octanol–water partition coefficient (Wildman–Crippen LogP) is 2.87. The van der Waals surface area contributed by atoms with Crippen molar-refractivity contribution in [2.75, 3.05) is 32.7 Å². The minimum atomic E-state index is -0.654. The van der Waals surface area contributed by atoms with E-state index in [2.05, 4.69) is 10.3 Å². The molecule has 1 fully saturated rings. The van der Waals surface area contributed by atoms with E-state index in [1.54, 1.807) is 29.4 Å². The first-order valence-corrected chi connectivity index (χ1v) is 11.6.